The van der Waals surface area contributed by atoms with Crippen molar-refractivity contribution in [3.05, 3.63) is 71.3 Å². The minimum Gasteiger partial charge on any atom is -0.478 e. The molecule has 0 aromatic heterocycles. The lowest BCUT2D eigenvalue weighted by Gasteiger charge is -2.36. The van der Waals surface area contributed by atoms with Crippen LogP contribution in [0.2, 0.25) is 0 Å². The van der Waals surface area contributed by atoms with Crippen molar-refractivity contribution in [2.24, 2.45) is 0 Å². The van der Waals surface area contributed by atoms with Gasteiger partial charge in [-0.25, -0.2) is 4.79 Å². The average Bonchev–Trinajstić information content (AvgIpc) is 2.62. The van der Waals surface area contributed by atoms with E-state index in [0.29, 0.717) is 17.5 Å². The lowest BCUT2D eigenvalue weighted by Crippen LogP contribution is -2.35. The molecule has 0 saturated carbocycles. The third-order valence-corrected chi connectivity index (χ3v) is 4.99. The molecule has 3 heteroatoms. The van der Waals surface area contributed by atoms with Crippen molar-refractivity contribution < 1.29 is 9.90 Å². The zero-order valence-electron chi connectivity index (χ0n) is 13.5. The molecule has 0 radical (unpaired) electrons. The fourth-order valence-corrected chi connectivity index (χ4v) is 3.59. The van der Waals surface area contributed by atoms with E-state index in [9.17, 15) is 9.90 Å². The van der Waals surface area contributed by atoms with Gasteiger partial charge >= 0.3 is 5.97 Å². The Morgan fingerprint density at radius 1 is 1.04 bits per heavy atom. The number of likely N-dealkylation sites (tertiary alicyclic amines) is 1. The standard InChI is InChI=1S/C20H23NO2/c1-15(16-7-3-2-4-8-16)21-13-11-17(12-14-21)18-9-5-6-10-19(18)20(22)23/h2-10,15,17H,11-14H2,1H3,(H,22,23). The van der Waals surface area contributed by atoms with Gasteiger partial charge in [-0.3, -0.25) is 4.90 Å². The van der Waals surface area contributed by atoms with Crippen LogP contribution in [0.1, 0.15) is 53.2 Å². The molecule has 1 atom stereocenters. The van der Waals surface area contributed by atoms with Crippen LogP contribution in [0.3, 0.4) is 0 Å². The van der Waals surface area contributed by atoms with Crippen LogP contribution in [0.5, 0.6) is 0 Å². The lowest BCUT2D eigenvalue weighted by molar-refractivity contribution is 0.0694. The maximum Gasteiger partial charge on any atom is 0.335 e. The molecule has 1 aliphatic rings. The molecule has 1 fully saturated rings. The van der Waals surface area contributed by atoms with Crippen LogP contribution < -0.4 is 0 Å². The highest BCUT2D eigenvalue weighted by atomic mass is 16.4. The van der Waals surface area contributed by atoms with E-state index in [0.717, 1.165) is 31.5 Å². The zero-order valence-corrected chi connectivity index (χ0v) is 13.5. The summed E-state index contributed by atoms with van der Waals surface area (Å²) in [6, 6.07) is 18.4. The Morgan fingerprint density at radius 2 is 1.65 bits per heavy atom. The van der Waals surface area contributed by atoms with Gasteiger partial charge in [-0.1, -0.05) is 48.5 Å². The van der Waals surface area contributed by atoms with Crippen molar-refractivity contribution in [1.82, 2.24) is 4.90 Å². The number of hydrogen-bond acceptors (Lipinski definition) is 2. The average molecular weight is 309 g/mol. The molecule has 0 amide bonds. The largest absolute Gasteiger partial charge is 0.478 e. The minimum absolute atomic E-state index is 0.349. The fourth-order valence-electron chi connectivity index (χ4n) is 3.59. The van der Waals surface area contributed by atoms with Crippen LogP contribution >= 0.6 is 0 Å². The summed E-state index contributed by atoms with van der Waals surface area (Å²) >= 11 is 0. The molecule has 3 nitrogen and oxygen atoms in total. The number of carboxylic acids is 1. The van der Waals surface area contributed by atoms with Crippen LogP contribution in [0.15, 0.2) is 54.6 Å². The molecule has 1 saturated heterocycles. The first-order valence-electron chi connectivity index (χ1n) is 8.28. The van der Waals surface area contributed by atoms with Gasteiger partial charge in [0.2, 0.25) is 0 Å². The maximum atomic E-state index is 11.4. The van der Waals surface area contributed by atoms with Crippen LogP contribution in [-0.4, -0.2) is 29.1 Å². The van der Waals surface area contributed by atoms with Crippen LogP contribution in [-0.2, 0) is 0 Å². The second-order valence-corrected chi connectivity index (χ2v) is 6.29. The number of aromatic carboxylic acids is 1. The number of piperidine rings is 1. The van der Waals surface area contributed by atoms with E-state index >= 15 is 0 Å². The summed E-state index contributed by atoms with van der Waals surface area (Å²) in [5.41, 5.74) is 2.80. The van der Waals surface area contributed by atoms with E-state index < -0.39 is 5.97 Å². The summed E-state index contributed by atoms with van der Waals surface area (Å²) < 4.78 is 0. The van der Waals surface area contributed by atoms with Gasteiger partial charge in [-0.15, -0.1) is 0 Å². The van der Waals surface area contributed by atoms with Gasteiger partial charge in [-0.2, -0.15) is 0 Å². The summed E-state index contributed by atoms with van der Waals surface area (Å²) in [6.45, 7) is 4.27. The monoisotopic (exact) mass is 309 g/mol. The predicted molar refractivity (Wildman–Crippen MR) is 91.8 cm³/mol. The van der Waals surface area contributed by atoms with Gasteiger partial charge in [0.15, 0.2) is 0 Å². The van der Waals surface area contributed by atoms with Crippen molar-refractivity contribution >= 4 is 5.97 Å². The van der Waals surface area contributed by atoms with Crippen molar-refractivity contribution in [3.63, 3.8) is 0 Å². The van der Waals surface area contributed by atoms with E-state index in [-0.39, 0.29) is 0 Å². The summed E-state index contributed by atoms with van der Waals surface area (Å²) in [5, 5.41) is 9.37. The van der Waals surface area contributed by atoms with Crippen molar-refractivity contribution in [3.8, 4) is 0 Å². The molecule has 3 rings (SSSR count). The summed E-state index contributed by atoms with van der Waals surface area (Å²) in [4.78, 5) is 13.9. The van der Waals surface area contributed by atoms with Crippen LogP contribution in [0, 0.1) is 0 Å². The molecule has 0 bridgehead atoms. The summed E-state index contributed by atoms with van der Waals surface area (Å²) in [6.07, 6.45) is 2.03. The Labute approximate surface area is 137 Å². The molecular weight excluding hydrogens is 286 g/mol. The quantitative estimate of drug-likeness (QED) is 0.914. The van der Waals surface area contributed by atoms with Crippen molar-refractivity contribution in [2.75, 3.05) is 13.1 Å². The van der Waals surface area contributed by atoms with Gasteiger partial charge in [0, 0.05) is 6.04 Å². The third kappa shape index (κ3) is 3.45. The first-order chi connectivity index (χ1) is 11.2. The van der Waals surface area contributed by atoms with E-state index in [4.69, 9.17) is 0 Å². The molecular formula is C20H23NO2. The van der Waals surface area contributed by atoms with Crippen molar-refractivity contribution in [1.29, 1.82) is 0 Å². The highest BCUT2D eigenvalue weighted by molar-refractivity contribution is 5.89. The SMILES string of the molecule is CC(c1ccccc1)N1CCC(c2ccccc2C(=O)O)CC1. The van der Waals surface area contributed by atoms with E-state index in [1.165, 1.54) is 5.56 Å². The van der Waals surface area contributed by atoms with Gasteiger partial charge < -0.3 is 5.11 Å². The first-order valence-corrected chi connectivity index (χ1v) is 8.28. The number of carboxylic acid groups (broad SMARTS) is 1. The molecule has 1 aliphatic heterocycles. The molecule has 2 aromatic rings. The van der Waals surface area contributed by atoms with E-state index in [2.05, 4.69) is 36.1 Å². The highest BCUT2D eigenvalue weighted by Crippen LogP contribution is 2.33. The Morgan fingerprint density at radius 3 is 2.30 bits per heavy atom. The third-order valence-electron chi connectivity index (χ3n) is 4.99. The highest BCUT2D eigenvalue weighted by Gasteiger charge is 2.26. The Hall–Kier alpha value is -2.13. The Balaban J connectivity index is 1.68. The molecule has 1 N–H and O–H groups in total. The maximum absolute atomic E-state index is 11.4. The van der Waals surface area contributed by atoms with Gasteiger partial charge in [-0.05, 0) is 56.0 Å². The number of hydrogen-bond donors (Lipinski definition) is 1. The second-order valence-electron chi connectivity index (χ2n) is 6.29. The second kappa shape index (κ2) is 6.97. The number of benzene rings is 2. The molecule has 2 aromatic carbocycles. The van der Waals surface area contributed by atoms with Gasteiger partial charge in [0.05, 0.1) is 5.56 Å². The molecule has 1 heterocycles. The molecule has 120 valence electrons. The van der Waals surface area contributed by atoms with Crippen LogP contribution in [0.25, 0.3) is 0 Å². The van der Waals surface area contributed by atoms with Gasteiger partial charge in [0.25, 0.3) is 0 Å². The summed E-state index contributed by atoms with van der Waals surface area (Å²) in [7, 11) is 0. The normalized spacial score (nSPS) is 17.8. The van der Waals surface area contributed by atoms with E-state index in [1.54, 1.807) is 12.1 Å². The topological polar surface area (TPSA) is 40.5 Å². The molecule has 1 unspecified atom stereocenters. The summed E-state index contributed by atoms with van der Waals surface area (Å²) in [5.74, 6) is -0.470. The zero-order chi connectivity index (χ0) is 16.2. The molecule has 0 aliphatic carbocycles. The molecule has 0 spiro atoms. The number of carbonyl (C=O) groups is 1. The Kier molecular flexibility index (Phi) is 4.77. The van der Waals surface area contributed by atoms with Crippen LogP contribution in [0.4, 0.5) is 0 Å². The molecule has 23 heavy (non-hydrogen) atoms. The van der Waals surface area contributed by atoms with E-state index in [1.807, 2.05) is 18.2 Å². The minimum atomic E-state index is -0.819. The number of rotatable bonds is 4. The predicted octanol–water partition coefficient (Wildman–Crippen LogP) is 4.33. The first kappa shape index (κ1) is 15.8. The lowest BCUT2D eigenvalue weighted by atomic mass is 9.86. The van der Waals surface area contributed by atoms with Gasteiger partial charge in [0.1, 0.15) is 0 Å². The smallest absolute Gasteiger partial charge is 0.335 e. The van der Waals surface area contributed by atoms with Crippen molar-refractivity contribution in [2.45, 2.75) is 31.7 Å². The fraction of sp³-hybridized carbons (Fsp3) is 0.350. The Bertz CT molecular complexity index is 660. The number of nitrogens with zero attached hydrogens (tertiary/aromatic N) is 1.